The largest absolute Gasteiger partial charge is 0.497 e. The van der Waals surface area contributed by atoms with E-state index in [1.165, 1.54) is 10.8 Å². The highest BCUT2D eigenvalue weighted by atomic mass is 16.7. The number of rotatable bonds is 15. The molecule has 1 fully saturated rings. The summed E-state index contributed by atoms with van der Waals surface area (Å²) in [5.74, 6) is 0.799. The fourth-order valence-electron chi connectivity index (χ4n) is 6.59. The van der Waals surface area contributed by atoms with E-state index in [2.05, 4.69) is 84.9 Å². The smallest absolute Gasteiger partial charge is 0.186 e. The van der Waals surface area contributed by atoms with Gasteiger partial charge in [0.25, 0.3) is 0 Å². The van der Waals surface area contributed by atoms with Gasteiger partial charge in [-0.05, 0) is 68.1 Å². The molecule has 1 saturated heterocycles. The van der Waals surface area contributed by atoms with Crippen molar-refractivity contribution in [3.8, 4) is 5.75 Å². The Labute approximate surface area is 299 Å². The molecule has 7 heteroatoms. The van der Waals surface area contributed by atoms with Gasteiger partial charge in [0, 0.05) is 7.11 Å². The highest BCUT2D eigenvalue weighted by molar-refractivity contribution is 5.83. The number of methoxy groups -OCH3 is 2. The monoisotopic (exact) mass is 684 g/mol. The first-order valence-corrected chi connectivity index (χ1v) is 17.4. The third-order valence-electron chi connectivity index (χ3n) is 9.33. The first kappa shape index (κ1) is 34.8. The van der Waals surface area contributed by atoms with Gasteiger partial charge in [-0.15, -0.1) is 0 Å². The van der Waals surface area contributed by atoms with E-state index in [4.69, 9.17) is 33.2 Å². The number of hydrogen-bond acceptors (Lipinski definition) is 7. The van der Waals surface area contributed by atoms with Crippen LogP contribution in [-0.2, 0) is 54.8 Å². The molecule has 5 atom stereocenters. The van der Waals surface area contributed by atoms with Crippen LogP contribution in [0.3, 0.4) is 0 Å². The molecular formula is C44H44O7. The topological polar surface area (TPSA) is 64.6 Å². The van der Waals surface area contributed by atoms with Crippen molar-refractivity contribution in [3.63, 3.8) is 0 Å². The zero-order chi connectivity index (χ0) is 34.8. The number of ether oxygens (including phenoxy) is 7. The van der Waals surface area contributed by atoms with Crippen molar-refractivity contribution >= 4 is 21.5 Å². The predicted molar refractivity (Wildman–Crippen MR) is 198 cm³/mol. The molecule has 0 N–H and O–H groups in total. The van der Waals surface area contributed by atoms with Crippen molar-refractivity contribution in [3.05, 3.63) is 162 Å². The molecule has 0 saturated carbocycles. The Morgan fingerprint density at radius 1 is 0.471 bits per heavy atom. The van der Waals surface area contributed by atoms with Crippen molar-refractivity contribution in [2.24, 2.45) is 0 Å². The first-order valence-electron chi connectivity index (χ1n) is 17.4. The SMILES string of the molecule is COc1ccc(COC[C@H]2O[C@H](OC)[C@H](OCc3ccc4ccccc4c3)[C@@H](OCc3ccc4ccccc4c3)[C@@H]2OCc2ccccc2)cc1. The Kier molecular flexibility index (Phi) is 11.7. The molecule has 1 aliphatic rings. The minimum absolute atomic E-state index is 0.262. The summed E-state index contributed by atoms with van der Waals surface area (Å²) in [4.78, 5) is 0. The van der Waals surface area contributed by atoms with E-state index in [1.807, 2.05) is 54.6 Å². The Morgan fingerprint density at radius 3 is 1.59 bits per heavy atom. The Bertz CT molecular complexity index is 1980. The van der Waals surface area contributed by atoms with Crippen LogP contribution in [0.15, 0.2) is 140 Å². The molecule has 51 heavy (non-hydrogen) atoms. The summed E-state index contributed by atoms with van der Waals surface area (Å²) in [5, 5.41) is 4.68. The summed E-state index contributed by atoms with van der Waals surface area (Å²) in [6.45, 7) is 1.73. The van der Waals surface area contributed by atoms with Gasteiger partial charge in [-0.3, -0.25) is 0 Å². The number of fused-ring (bicyclic) bond motifs is 2. The van der Waals surface area contributed by atoms with Gasteiger partial charge in [-0.25, -0.2) is 0 Å². The first-order chi connectivity index (χ1) is 25.2. The van der Waals surface area contributed by atoms with Gasteiger partial charge >= 0.3 is 0 Å². The molecule has 0 aliphatic carbocycles. The highest BCUT2D eigenvalue weighted by Gasteiger charge is 2.48. The molecule has 0 bridgehead atoms. The molecule has 7 rings (SSSR count). The quantitative estimate of drug-likeness (QED) is 0.107. The van der Waals surface area contributed by atoms with Crippen LogP contribution in [0.2, 0.25) is 0 Å². The Morgan fingerprint density at radius 2 is 0.980 bits per heavy atom. The van der Waals surface area contributed by atoms with Crippen LogP contribution >= 0.6 is 0 Å². The van der Waals surface area contributed by atoms with Gasteiger partial charge in [-0.1, -0.05) is 115 Å². The zero-order valence-electron chi connectivity index (χ0n) is 29.1. The lowest BCUT2D eigenvalue weighted by Gasteiger charge is -2.45. The molecule has 0 spiro atoms. The van der Waals surface area contributed by atoms with Crippen LogP contribution in [0.4, 0.5) is 0 Å². The summed E-state index contributed by atoms with van der Waals surface area (Å²) < 4.78 is 44.5. The number of hydrogen-bond donors (Lipinski definition) is 0. The molecule has 6 aromatic rings. The highest BCUT2D eigenvalue weighted by Crippen LogP contribution is 2.32. The number of benzene rings is 6. The molecule has 0 radical (unpaired) electrons. The lowest BCUT2D eigenvalue weighted by atomic mass is 9.97. The van der Waals surface area contributed by atoms with Crippen LogP contribution in [0, 0.1) is 0 Å². The Balaban J connectivity index is 1.16. The third kappa shape index (κ3) is 8.83. The second kappa shape index (κ2) is 17.1. The van der Waals surface area contributed by atoms with E-state index in [0.717, 1.165) is 38.8 Å². The third-order valence-corrected chi connectivity index (χ3v) is 9.33. The molecule has 6 aromatic carbocycles. The standard InChI is InChI=1S/C44H44O7/c1-45-39-22-18-32(19-23-39)26-47-30-40-41(48-27-31-10-4-3-5-11-31)42(49-28-33-16-20-35-12-6-8-14-37(35)24-33)43(44(46-2)51-40)50-29-34-17-21-36-13-7-9-15-38(36)25-34/h3-25,40-44H,26-30H2,1-2H3/t40-,41-,42+,43-,44+/m1/s1. The van der Waals surface area contributed by atoms with Crippen molar-refractivity contribution in [2.75, 3.05) is 20.8 Å². The average molecular weight is 685 g/mol. The molecule has 262 valence electrons. The summed E-state index contributed by atoms with van der Waals surface area (Å²) >= 11 is 0. The van der Waals surface area contributed by atoms with Gasteiger partial charge in [0.05, 0.1) is 40.1 Å². The summed E-state index contributed by atoms with van der Waals surface area (Å²) in [6, 6.07) is 47.4. The second-order valence-corrected chi connectivity index (χ2v) is 12.8. The van der Waals surface area contributed by atoms with Crippen LogP contribution in [-0.4, -0.2) is 51.5 Å². The lowest BCUT2D eigenvalue weighted by Crippen LogP contribution is -2.61. The maximum absolute atomic E-state index is 6.86. The van der Waals surface area contributed by atoms with Crippen molar-refractivity contribution in [2.45, 2.75) is 57.1 Å². The van der Waals surface area contributed by atoms with E-state index in [1.54, 1.807) is 14.2 Å². The molecule has 1 aliphatic heterocycles. The molecule has 1 heterocycles. The van der Waals surface area contributed by atoms with E-state index in [0.29, 0.717) is 26.4 Å². The maximum atomic E-state index is 6.86. The van der Waals surface area contributed by atoms with Crippen LogP contribution < -0.4 is 4.74 Å². The zero-order valence-corrected chi connectivity index (χ0v) is 29.1. The normalized spacial score (nSPS) is 20.5. The van der Waals surface area contributed by atoms with Gasteiger partial charge < -0.3 is 33.2 Å². The minimum Gasteiger partial charge on any atom is -0.497 e. The van der Waals surface area contributed by atoms with Crippen molar-refractivity contribution < 1.29 is 33.2 Å². The van der Waals surface area contributed by atoms with Crippen LogP contribution in [0.1, 0.15) is 22.3 Å². The molecule has 0 aromatic heterocycles. The molecule has 0 amide bonds. The molecule has 7 nitrogen and oxygen atoms in total. The molecular weight excluding hydrogens is 640 g/mol. The van der Waals surface area contributed by atoms with E-state index in [-0.39, 0.29) is 6.61 Å². The summed E-state index contributed by atoms with van der Waals surface area (Å²) in [5.41, 5.74) is 4.17. The predicted octanol–water partition coefficient (Wildman–Crippen LogP) is 8.65. The van der Waals surface area contributed by atoms with Crippen LogP contribution in [0.5, 0.6) is 5.75 Å². The second-order valence-electron chi connectivity index (χ2n) is 12.8. The average Bonchev–Trinajstić information content (AvgIpc) is 3.19. The van der Waals surface area contributed by atoms with Crippen LogP contribution in [0.25, 0.3) is 21.5 Å². The van der Waals surface area contributed by atoms with E-state index >= 15 is 0 Å². The minimum atomic E-state index is -0.724. The lowest BCUT2D eigenvalue weighted by molar-refractivity contribution is -0.323. The van der Waals surface area contributed by atoms with Crippen molar-refractivity contribution in [1.29, 1.82) is 0 Å². The van der Waals surface area contributed by atoms with Gasteiger partial charge in [-0.2, -0.15) is 0 Å². The Hall–Kier alpha value is -4.60. The fraction of sp³-hybridized carbons (Fsp3) is 0.273. The van der Waals surface area contributed by atoms with Gasteiger partial charge in [0.2, 0.25) is 0 Å². The van der Waals surface area contributed by atoms with Gasteiger partial charge in [0.1, 0.15) is 30.2 Å². The maximum Gasteiger partial charge on any atom is 0.186 e. The van der Waals surface area contributed by atoms with Crippen molar-refractivity contribution in [1.82, 2.24) is 0 Å². The van der Waals surface area contributed by atoms with Gasteiger partial charge in [0.15, 0.2) is 6.29 Å². The molecule has 0 unspecified atom stereocenters. The summed E-state index contributed by atoms with van der Waals surface area (Å²) in [6.07, 6.45) is -2.90. The summed E-state index contributed by atoms with van der Waals surface area (Å²) in [7, 11) is 3.29. The van der Waals surface area contributed by atoms with E-state index < -0.39 is 30.7 Å². The van der Waals surface area contributed by atoms with E-state index in [9.17, 15) is 0 Å². The fourth-order valence-corrected chi connectivity index (χ4v) is 6.59.